The van der Waals surface area contributed by atoms with Gasteiger partial charge in [0.15, 0.2) is 0 Å². The zero-order chi connectivity index (χ0) is 11.2. The molecule has 6 fully saturated rings. The molecular weight excluding hydrogens is 196 g/mol. The second kappa shape index (κ2) is 2.84. The summed E-state index contributed by atoms with van der Waals surface area (Å²) < 4.78 is 0. The molecule has 3 heterocycles. The summed E-state index contributed by atoms with van der Waals surface area (Å²) in [5.41, 5.74) is 0. The second-order valence-corrected chi connectivity index (χ2v) is 6.94. The lowest BCUT2D eigenvalue weighted by atomic mass is 10.1. The molecule has 0 aromatic carbocycles. The summed E-state index contributed by atoms with van der Waals surface area (Å²) >= 11 is 0. The first kappa shape index (κ1) is 9.90. The number of hydrogen-bond donors (Lipinski definition) is 0. The average Bonchev–Trinajstić information content (AvgIpc) is 3.13. The summed E-state index contributed by atoms with van der Waals surface area (Å²) in [5.74, 6) is 4.59. The van der Waals surface area contributed by atoms with Crippen LogP contribution in [0.1, 0.15) is 26.7 Å². The molecule has 6 aliphatic rings. The van der Waals surface area contributed by atoms with Crippen LogP contribution in [0.25, 0.3) is 0 Å². The molecule has 2 bridgehead atoms. The van der Waals surface area contributed by atoms with E-state index in [1.807, 2.05) is 0 Å². The number of piperidine rings is 2. The van der Waals surface area contributed by atoms with Crippen molar-refractivity contribution in [3.8, 4) is 0 Å². The maximum absolute atomic E-state index is 2.56. The van der Waals surface area contributed by atoms with Crippen molar-refractivity contribution in [1.29, 1.82) is 0 Å². The highest BCUT2D eigenvalue weighted by Gasteiger charge is 2.82. The van der Waals surface area contributed by atoms with Gasteiger partial charge in [-0.1, -0.05) is 0 Å². The van der Waals surface area contributed by atoms with Crippen LogP contribution in [0.3, 0.4) is 0 Å². The molecule has 0 N–H and O–H groups in total. The predicted octanol–water partition coefficient (Wildman–Crippen LogP) is 1.66. The van der Waals surface area contributed by atoms with Gasteiger partial charge in [-0.25, -0.2) is 0 Å². The van der Waals surface area contributed by atoms with Crippen molar-refractivity contribution >= 4 is 0 Å². The molecule has 2 nitrogen and oxygen atoms in total. The summed E-state index contributed by atoms with van der Waals surface area (Å²) in [4.78, 5) is 5.07. The Bertz CT molecular complexity index is 293. The SMILES string of the molecule is CC1C2C3C2C3N1C.CC1CC2CC2N1C. The molecule has 3 aliphatic carbocycles. The number of hydrogen-bond acceptors (Lipinski definition) is 2. The summed E-state index contributed by atoms with van der Waals surface area (Å²) in [5, 5.41) is 0. The van der Waals surface area contributed by atoms with E-state index in [0.29, 0.717) is 0 Å². The third-order valence-corrected chi connectivity index (χ3v) is 6.26. The molecule has 6 rings (SSSR count). The third kappa shape index (κ3) is 1.10. The van der Waals surface area contributed by atoms with Crippen molar-refractivity contribution in [3.05, 3.63) is 0 Å². The maximum atomic E-state index is 2.56. The molecule has 3 aliphatic heterocycles. The zero-order valence-electron chi connectivity index (χ0n) is 10.9. The van der Waals surface area contributed by atoms with Gasteiger partial charge < -0.3 is 4.90 Å². The van der Waals surface area contributed by atoms with Crippen LogP contribution in [0.2, 0.25) is 0 Å². The van der Waals surface area contributed by atoms with Gasteiger partial charge in [0.1, 0.15) is 0 Å². The predicted molar refractivity (Wildman–Crippen MR) is 65.2 cm³/mol. The van der Waals surface area contributed by atoms with Crippen molar-refractivity contribution in [2.75, 3.05) is 14.1 Å². The molecule has 0 aromatic heterocycles. The standard InChI is InChI=1S/C7H11N.C7H13N/c1-3-4-5-6(4)7(5)8(3)2;1-5-3-6-4-7(6)8(5)2/h3-7H,1-2H3;5-7H,3-4H2,1-2H3. The molecule has 2 heteroatoms. The summed E-state index contributed by atoms with van der Waals surface area (Å²) in [6, 6.07) is 3.84. The van der Waals surface area contributed by atoms with Gasteiger partial charge in [0.2, 0.25) is 0 Å². The Morgan fingerprint density at radius 1 is 0.875 bits per heavy atom. The summed E-state index contributed by atoms with van der Waals surface area (Å²) in [7, 11) is 4.53. The van der Waals surface area contributed by atoms with Gasteiger partial charge in [-0.15, -0.1) is 0 Å². The molecule has 90 valence electrons. The van der Waals surface area contributed by atoms with Crippen LogP contribution in [0, 0.1) is 23.7 Å². The van der Waals surface area contributed by atoms with E-state index in [2.05, 4.69) is 37.7 Å². The topological polar surface area (TPSA) is 6.48 Å². The van der Waals surface area contributed by atoms with E-state index < -0.39 is 0 Å². The Balaban J connectivity index is 0.0000000902. The highest BCUT2D eigenvalue weighted by atomic mass is 15.3. The normalized spacial score (nSPS) is 64.5. The van der Waals surface area contributed by atoms with Crippen LogP contribution in [-0.2, 0) is 0 Å². The van der Waals surface area contributed by atoms with Crippen molar-refractivity contribution in [3.63, 3.8) is 0 Å². The molecular formula is C14H24N2. The van der Waals surface area contributed by atoms with Crippen LogP contribution in [0.15, 0.2) is 0 Å². The van der Waals surface area contributed by atoms with Crippen LogP contribution in [0.5, 0.6) is 0 Å². The van der Waals surface area contributed by atoms with E-state index in [0.717, 1.165) is 36.0 Å². The second-order valence-electron chi connectivity index (χ2n) is 6.94. The van der Waals surface area contributed by atoms with Gasteiger partial charge in [0.05, 0.1) is 0 Å². The molecule has 0 aromatic rings. The van der Waals surface area contributed by atoms with Crippen molar-refractivity contribution < 1.29 is 0 Å². The number of likely N-dealkylation sites (tertiary alicyclic amines) is 1. The minimum absolute atomic E-state index is 0.874. The van der Waals surface area contributed by atoms with Crippen molar-refractivity contribution in [2.45, 2.75) is 50.9 Å². The molecule has 3 saturated heterocycles. The quantitative estimate of drug-likeness (QED) is 0.612. The Morgan fingerprint density at radius 3 is 1.75 bits per heavy atom. The van der Waals surface area contributed by atoms with E-state index in [1.54, 1.807) is 0 Å². The molecule has 3 saturated carbocycles. The smallest absolute Gasteiger partial charge is 0.0165 e. The Hall–Kier alpha value is -0.0800. The van der Waals surface area contributed by atoms with Crippen LogP contribution in [0.4, 0.5) is 0 Å². The van der Waals surface area contributed by atoms with Gasteiger partial charge in [-0.2, -0.15) is 0 Å². The summed E-state index contributed by atoms with van der Waals surface area (Å²) in [6.07, 6.45) is 2.95. The fourth-order valence-corrected chi connectivity index (χ4v) is 4.68. The largest absolute Gasteiger partial charge is 0.300 e. The van der Waals surface area contributed by atoms with Gasteiger partial charge in [-0.05, 0) is 64.5 Å². The van der Waals surface area contributed by atoms with E-state index in [9.17, 15) is 0 Å². The van der Waals surface area contributed by atoms with Crippen molar-refractivity contribution in [2.24, 2.45) is 23.7 Å². The lowest BCUT2D eigenvalue weighted by Gasteiger charge is -2.17. The number of fused-ring (bicyclic) bond motifs is 2. The Kier molecular flexibility index (Phi) is 1.76. The first-order valence-electron chi connectivity index (χ1n) is 7.05. The molecule has 6 atom stereocenters. The van der Waals surface area contributed by atoms with Gasteiger partial charge in [0, 0.05) is 24.2 Å². The van der Waals surface area contributed by atoms with Gasteiger partial charge >= 0.3 is 0 Å². The van der Waals surface area contributed by atoms with Crippen LogP contribution < -0.4 is 0 Å². The van der Waals surface area contributed by atoms with E-state index >= 15 is 0 Å². The van der Waals surface area contributed by atoms with E-state index in [1.165, 1.54) is 24.7 Å². The number of nitrogens with zero attached hydrogens (tertiary/aromatic N) is 2. The molecule has 6 unspecified atom stereocenters. The Morgan fingerprint density at radius 2 is 1.56 bits per heavy atom. The summed E-state index contributed by atoms with van der Waals surface area (Å²) in [6.45, 7) is 4.69. The molecule has 16 heavy (non-hydrogen) atoms. The highest BCUT2D eigenvalue weighted by molar-refractivity contribution is 5.32. The third-order valence-electron chi connectivity index (χ3n) is 6.26. The Labute approximate surface area is 99.0 Å². The minimum Gasteiger partial charge on any atom is -0.300 e. The highest BCUT2D eigenvalue weighted by Crippen LogP contribution is 2.77. The minimum atomic E-state index is 0.874. The van der Waals surface area contributed by atoms with Crippen molar-refractivity contribution in [1.82, 2.24) is 9.80 Å². The van der Waals surface area contributed by atoms with Gasteiger partial charge in [0.25, 0.3) is 0 Å². The number of rotatable bonds is 0. The lowest BCUT2D eigenvalue weighted by molar-refractivity contribution is 0.286. The molecule has 0 spiro atoms. The van der Waals surface area contributed by atoms with E-state index in [4.69, 9.17) is 0 Å². The fraction of sp³-hybridized carbons (Fsp3) is 1.00. The average molecular weight is 220 g/mol. The van der Waals surface area contributed by atoms with E-state index in [-0.39, 0.29) is 0 Å². The van der Waals surface area contributed by atoms with Crippen LogP contribution >= 0.6 is 0 Å². The lowest BCUT2D eigenvalue weighted by Crippen LogP contribution is -2.25. The first-order chi connectivity index (χ1) is 7.61. The maximum Gasteiger partial charge on any atom is 0.0165 e. The first-order valence-corrected chi connectivity index (χ1v) is 7.05. The fourth-order valence-electron chi connectivity index (χ4n) is 4.68. The zero-order valence-corrected chi connectivity index (χ0v) is 10.9. The van der Waals surface area contributed by atoms with Gasteiger partial charge in [-0.3, -0.25) is 4.90 Å². The molecule has 0 amide bonds. The monoisotopic (exact) mass is 220 g/mol. The molecule has 0 radical (unpaired) electrons. The van der Waals surface area contributed by atoms with Crippen LogP contribution in [-0.4, -0.2) is 48.1 Å².